The van der Waals surface area contributed by atoms with Gasteiger partial charge in [-0.15, -0.1) is 0 Å². The fourth-order valence-corrected chi connectivity index (χ4v) is 6.05. The van der Waals surface area contributed by atoms with Crippen LogP contribution in [-0.4, -0.2) is 75.3 Å². The highest BCUT2D eigenvalue weighted by Gasteiger charge is 2.19. The molecule has 0 amide bonds. The molecular weight excluding hydrogens is 725 g/mol. The van der Waals surface area contributed by atoms with Gasteiger partial charge in [0.15, 0.2) is 6.10 Å². The number of rotatable bonds is 39. The van der Waals surface area contributed by atoms with Crippen molar-refractivity contribution in [3.8, 4) is 0 Å². The van der Waals surface area contributed by atoms with E-state index in [9.17, 15) is 19.4 Å². The Labute approximate surface area is 343 Å². The number of phosphoric acid groups is 1. The van der Waals surface area contributed by atoms with Crippen molar-refractivity contribution in [2.24, 2.45) is 0 Å². The number of esters is 1. The Morgan fingerprint density at radius 1 is 0.661 bits per heavy atom. The number of carbonyl (C=O) groups is 1. The van der Waals surface area contributed by atoms with E-state index in [1.54, 1.807) is 6.26 Å². The predicted molar refractivity (Wildman–Crippen MR) is 232 cm³/mol. The molecule has 1 unspecified atom stereocenters. The summed E-state index contributed by atoms with van der Waals surface area (Å²) in [7, 11) is 1.30. The number of carbonyl (C=O) groups excluding carboxylic acids is 1. The number of allylic oxidation sites excluding steroid dienone is 11. The zero-order valence-corrected chi connectivity index (χ0v) is 37.1. The summed E-state index contributed by atoms with van der Waals surface area (Å²) in [5.74, 6) is -0.362. The lowest BCUT2D eigenvalue weighted by atomic mass is 10.1. The van der Waals surface area contributed by atoms with Gasteiger partial charge in [0.25, 0.3) is 7.82 Å². The number of unbranched alkanes of at least 4 members (excludes halogenated alkanes) is 12. The lowest BCUT2D eigenvalue weighted by molar-refractivity contribution is -0.870. The van der Waals surface area contributed by atoms with Crippen LogP contribution < -0.4 is 4.89 Å². The maximum Gasteiger partial charge on any atom is 0.305 e. The van der Waals surface area contributed by atoms with Crippen LogP contribution in [0.1, 0.15) is 155 Å². The summed E-state index contributed by atoms with van der Waals surface area (Å²) in [5.41, 5.74) is 0. The van der Waals surface area contributed by atoms with Crippen LogP contribution in [0.4, 0.5) is 0 Å². The van der Waals surface area contributed by atoms with Crippen LogP contribution >= 0.6 is 7.82 Å². The molecule has 0 aromatic carbocycles. The third-order valence-corrected chi connectivity index (χ3v) is 9.95. The van der Waals surface area contributed by atoms with Crippen molar-refractivity contribution in [1.82, 2.24) is 0 Å². The van der Waals surface area contributed by atoms with E-state index in [1.165, 1.54) is 64.2 Å². The topological polar surface area (TPSA) is 114 Å². The van der Waals surface area contributed by atoms with Crippen molar-refractivity contribution in [3.63, 3.8) is 0 Å². The normalized spacial score (nSPS) is 15.0. The Morgan fingerprint density at radius 3 is 1.73 bits per heavy atom. The maximum absolute atomic E-state index is 12.5. The van der Waals surface area contributed by atoms with Gasteiger partial charge in [0.05, 0.1) is 40.1 Å². The SMILES string of the molecule is CCCCCC/C=C\CCCCCCCC/C=C/O[C@H](COC(=O)CCC/C=C\C/C=C\C/C=C\C/C=C\CC[C@@H](O)CC)COP(=O)([O-])OCC[N+](C)(C)C. The Kier molecular flexibility index (Phi) is 36.7. The van der Waals surface area contributed by atoms with Crippen molar-refractivity contribution < 1.29 is 42.4 Å². The van der Waals surface area contributed by atoms with Gasteiger partial charge in [0.1, 0.15) is 19.8 Å². The molecule has 0 aliphatic heterocycles. The second-order valence-electron chi connectivity index (χ2n) is 15.5. The van der Waals surface area contributed by atoms with Gasteiger partial charge < -0.3 is 33.0 Å². The molecule has 9 nitrogen and oxygen atoms in total. The number of aliphatic hydroxyl groups is 1. The summed E-state index contributed by atoms with van der Waals surface area (Å²) < 4.78 is 34.2. The van der Waals surface area contributed by atoms with E-state index in [0.29, 0.717) is 17.4 Å². The van der Waals surface area contributed by atoms with Gasteiger partial charge in [-0.2, -0.15) is 0 Å². The number of hydrogen-bond acceptors (Lipinski definition) is 8. The molecule has 1 N–H and O–H groups in total. The van der Waals surface area contributed by atoms with Crippen molar-refractivity contribution in [2.45, 2.75) is 167 Å². The van der Waals surface area contributed by atoms with E-state index in [0.717, 1.165) is 64.2 Å². The van der Waals surface area contributed by atoms with E-state index >= 15 is 0 Å². The molecule has 0 heterocycles. The molecule has 0 fully saturated rings. The Hall–Kier alpha value is -2.26. The minimum Gasteiger partial charge on any atom is -0.756 e. The van der Waals surface area contributed by atoms with Gasteiger partial charge in [0.2, 0.25) is 0 Å². The number of nitrogens with zero attached hydrogens (tertiary/aromatic N) is 1. The average Bonchev–Trinajstić information content (AvgIpc) is 3.15. The maximum atomic E-state index is 12.5. The molecule has 56 heavy (non-hydrogen) atoms. The van der Waals surface area contributed by atoms with Crippen LogP contribution in [0.15, 0.2) is 73.1 Å². The quantitative estimate of drug-likeness (QED) is 0.0163. The first-order valence-electron chi connectivity index (χ1n) is 21.8. The van der Waals surface area contributed by atoms with E-state index in [4.69, 9.17) is 18.5 Å². The molecule has 0 aliphatic carbocycles. The van der Waals surface area contributed by atoms with Crippen molar-refractivity contribution in [1.29, 1.82) is 0 Å². The van der Waals surface area contributed by atoms with E-state index in [-0.39, 0.29) is 38.3 Å². The van der Waals surface area contributed by atoms with Crippen LogP contribution in [0.25, 0.3) is 0 Å². The lowest BCUT2D eigenvalue weighted by Crippen LogP contribution is -2.37. The van der Waals surface area contributed by atoms with Gasteiger partial charge in [-0.25, -0.2) is 0 Å². The van der Waals surface area contributed by atoms with Gasteiger partial charge in [0, 0.05) is 6.42 Å². The molecule has 0 aromatic heterocycles. The highest BCUT2D eigenvalue weighted by Crippen LogP contribution is 2.38. The minimum atomic E-state index is -4.54. The minimum absolute atomic E-state index is 0.00833. The fourth-order valence-electron chi connectivity index (χ4n) is 5.32. The lowest BCUT2D eigenvalue weighted by Gasteiger charge is -2.28. The monoisotopic (exact) mass is 808 g/mol. The molecule has 0 saturated heterocycles. The largest absolute Gasteiger partial charge is 0.756 e. The van der Waals surface area contributed by atoms with Gasteiger partial charge in [-0.05, 0) is 96.0 Å². The molecule has 3 atom stereocenters. The van der Waals surface area contributed by atoms with Crippen LogP contribution in [-0.2, 0) is 27.9 Å². The zero-order valence-electron chi connectivity index (χ0n) is 36.2. The van der Waals surface area contributed by atoms with Gasteiger partial charge in [-0.1, -0.05) is 120 Å². The van der Waals surface area contributed by atoms with E-state index in [1.807, 2.05) is 34.1 Å². The number of aliphatic hydroxyl groups excluding tert-OH is 1. The Bertz CT molecular complexity index is 1140. The average molecular weight is 808 g/mol. The molecule has 324 valence electrons. The molecule has 0 saturated carbocycles. The number of likely N-dealkylation sites (N-methyl/N-ethyl adjacent to an activating group) is 1. The zero-order chi connectivity index (χ0) is 41.4. The summed E-state index contributed by atoms with van der Waals surface area (Å²) >= 11 is 0. The van der Waals surface area contributed by atoms with Crippen molar-refractivity contribution in [3.05, 3.63) is 73.1 Å². The van der Waals surface area contributed by atoms with Crippen molar-refractivity contribution >= 4 is 13.8 Å². The van der Waals surface area contributed by atoms with Crippen LogP contribution in [0.3, 0.4) is 0 Å². The van der Waals surface area contributed by atoms with E-state index < -0.39 is 13.9 Å². The predicted octanol–water partition coefficient (Wildman–Crippen LogP) is 11.4. The molecular formula is C46H82NO8P. The number of phosphoric ester groups is 1. The van der Waals surface area contributed by atoms with E-state index in [2.05, 4.69) is 67.7 Å². The summed E-state index contributed by atoms with van der Waals surface area (Å²) in [6, 6.07) is 0. The van der Waals surface area contributed by atoms with Crippen LogP contribution in [0.5, 0.6) is 0 Å². The first kappa shape index (κ1) is 53.7. The smallest absolute Gasteiger partial charge is 0.305 e. The summed E-state index contributed by atoms with van der Waals surface area (Å²) in [5, 5.41) is 9.56. The molecule has 0 aliphatic rings. The third-order valence-electron chi connectivity index (χ3n) is 8.98. The van der Waals surface area contributed by atoms with Gasteiger partial charge in [-0.3, -0.25) is 9.36 Å². The molecule has 0 radical (unpaired) electrons. The molecule has 0 rings (SSSR count). The molecule has 0 aromatic rings. The highest BCUT2D eigenvalue weighted by molar-refractivity contribution is 7.45. The Morgan fingerprint density at radius 2 is 1.16 bits per heavy atom. The number of hydrogen-bond donors (Lipinski definition) is 1. The van der Waals surface area contributed by atoms with Gasteiger partial charge >= 0.3 is 5.97 Å². The summed E-state index contributed by atoms with van der Waals surface area (Å²) in [6.07, 6.45) is 46.8. The van der Waals surface area contributed by atoms with Crippen LogP contribution in [0, 0.1) is 0 Å². The first-order chi connectivity index (χ1) is 27.0. The highest BCUT2D eigenvalue weighted by atomic mass is 31.2. The molecule has 10 heteroatoms. The summed E-state index contributed by atoms with van der Waals surface area (Å²) in [6.45, 7) is 4.32. The standard InChI is InChI=1S/C46H82NO8P/c1-6-8-9-10-11-12-13-14-15-18-21-24-27-30-33-36-40-52-45(43-55-56(50,51)54-41-39-47(3,4)5)42-53-46(49)38-35-32-29-26-23-20-17-16-19-22-25-28-31-34-37-44(48)7-2/h12-13,17,19-20,22,26,28-29,31,36,40,44-45,48H,6-11,14-16,18,21,23-25,27,30,32-35,37-39,41-43H2,1-5H3/b13-12-,20-17-,22-19-,29-26-,31-28-,40-36+/t44-,45+/m0/s1. The third kappa shape index (κ3) is 41.4. The first-order valence-corrected chi connectivity index (χ1v) is 23.2. The van der Waals surface area contributed by atoms with Crippen LogP contribution in [0.2, 0.25) is 0 Å². The Balaban J connectivity index is 4.42. The number of ether oxygens (including phenoxy) is 2. The second kappa shape index (κ2) is 38.3. The number of quaternary nitrogens is 1. The van der Waals surface area contributed by atoms with Crippen molar-refractivity contribution in [2.75, 3.05) is 47.5 Å². The molecule has 0 spiro atoms. The summed E-state index contributed by atoms with van der Waals surface area (Å²) in [4.78, 5) is 24.8. The second-order valence-corrected chi connectivity index (χ2v) is 17.0. The fraction of sp³-hybridized carbons (Fsp3) is 0.717. The molecule has 0 bridgehead atoms.